The Hall–Kier alpha value is -4.11. The number of carbonyl (C=O) groups is 3. The van der Waals surface area contributed by atoms with Gasteiger partial charge in [0.15, 0.2) is 6.04 Å². The summed E-state index contributed by atoms with van der Waals surface area (Å²) in [5.41, 5.74) is 12.9. The van der Waals surface area contributed by atoms with Gasteiger partial charge in [-0.1, -0.05) is 12.1 Å². The largest absolute Gasteiger partial charge is 0.384 e. The number of nitrogens with one attached hydrogen (secondary N) is 5. The number of nitrogens with two attached hydrogens (primary N) is 2. The molecule has 2 saturated heterocycles. The number of likely N-dealkylation sites (N-methyl/N-ethyl adjacent to an activating group) is 1. The molecular weight excluding hydrogens is 484 g/mol. The Kier molecular flexibility index (Phi) is 4.84. The number of urea groups is 1. The highest BCUT2D eigenvalue weighted by molar-refractivity contribution is 6.02. The van der Waals surface area contributed by atoms with E-state index in [4.69, 9.17) is 11.5 Å². The molecule has 0 aromatic heterocycles. The number of carbonyl (C=O) groups excluding carboxylic acids is 3. The zero-order valence-corrected chi connectivity index (χ0v) is 20.1. The summed E-state index contributed by atoms with van der Waals surface area (Å²) in [4.78, 5) is 43.6. The molecule has 11 N–H and O–H groups in total. The Morgan fingerprint density at radius 1 is 1.32 bits per heavy atom. The molecule has 5 heterocycles. The van der Waals surface area contributed by atoms with Crippen molar-refractivity contribution in [1.82, 2.24) is 25.8 Å². The van der Waals surface area contributed by atoms with Crippen LogP contribution in [0.3, 0.4) is 0 Å². The zero-order chi connectivity index (χ0) is 26.3. The van der Waals surface area contributed by atoms with Gasteiger partial charge in [0.2, 0.25) is 5.91 Å². The van der Waals surface area contributed by atoms with Crippen molar-refractivity contribution in [1.29, 1.82) is 0 Å². The van der Waals surface area contributed by atoms with Gasteiger partial charge in [-0.3, -0.25) is 36.3 Å². The molecule has 196 valence electrons. The van der Waals surface area contributed by atoms with E-state index >= 15 is 0 Å². The van der Waals surface area contributed by atoms with Crippen LogP contribution in [-0.4, -0.2) is 117 Å². The molecule has 4 atom stereocenters. The van der Waals surface area contributed by atoms with E-state index in [1.54, 1.807) is 12.1 Å². The van der Waals surface area contributed by atoms with Crippen LogP contribution < -0.4 is 37.7 Å². The third kappa shape index (κ3) is 3.10. The summed E-state index contributed by atoms with van der Waals surface area (Å²) in [6.07, 6.45) is 0.795. The lowest BCUT2D eigenvalue weighted by molar-refractivity contribution is -0.674. The number of guanidine groups is 2. The molecule has 5 aliphatic heterocycles. The van der Waals surface area contributed by atoms with Crippen LogP contribution in [0.25, 0.3) is 0 Å². The summed E-state index contributed by atoms with van der Waals surface area (Å²) in [6, 6.07) is 2.16. The number of amides is 4. The van der Waals surface area contributed by atoms with Crippen LogP contribution in [0.15, 0.2) is 18.2 Å². The van der Waals surface area contributed by atoms with Gasteiger partial charge in [0.05, 0.1) is 24.3 Å². The smallest absolute Gasteiger partial charge is 0.347 e. The third-order valence-corrected chi connectivity index (χ3v) is 7.96. The predicted octanol–water partition coefficient (Wildman–Crippen LogP) is -6.30. The maximum Gasteiger partial charge on any atom is 0.347 e. The number of imide groups is 1. The third-order valence-electron chi connectivity index (χ3n) is 7.96. The Labute approximate surface area is 211 Å². The summed E-state index contributed by atoms with van der Waals surface area (Å²) in [7, 11) is 1.52. The second kappa shape index (κ2) is 7.69. The van der Waals surface area contributed by atoms with Crippen molar-refractivity contribution < 1.29 is 34.2 Å². The molecule has 15 nitrogen and oxygen atoms in total. The minimum atomic E-state index is -2.58. The molecule has 1 aromatic rings. The first-order valence-electron chi connectivity index (χ1n) is 12.0. The molecule has 37 heavy (non-hydrogen) atoms. The van der Waals surface area contributed by atoms with E-state index in [-0.39, 0.29) is 37.5 Å². The molecule has 6 rings (SSSR count). The second-order valence-electron chi connectivity index (χ2n) is 10.1. The molecule has 0 bridgehead atoms. The van der Waals surface area contributed by atoms with Gasteiger partial charge >= 0.3 is 18.0 Å². The van der Waals surface area contributed by atoms with Gasteiger partial charge in [-0.15, -0.1) is 0 Å². The van der Waals surface area contributed by atoms with Crippen LogP contribution in [0.5, 0.6) is 0 Å². The first kappa shape index (κ1) is 23.3. The van der Waals surface area contributed by atoms with Crippen molar-refractivity contribution in [2.45, 2.75) is 36.0 Å². The van der Waals surface area contributed by atoms with Crippen LogP contribution in [0.2, 0.25) is 0 Å². The predicted molar refractivity (Wildman–Crippen MR) is 128 cm³/mol. The van der Waals surface area contributed by atoms with Crippen molar-refractivity contribution in [3.05, 3.63) is 29.3 Å². The average Bonchev–Trinajstić information content (AvgIpc) is 3.57. The molecular formula is C22H30N10O5+2. The number of para-hydroxylation sites is 1. The Morgan fingerprint density at radius 3 is 2.84 bits per heavy atom. The van der Waals surface area contributed by atoms with Gasteiger partial charge in [0, 0.05) is 13.6 Å². The molecule has 0 radical (unpaired) electrons. The van der Waals surface area contributed by atoms with E-state index in [1.165, 1.54) is 16.5 Å². The topological polar surface area (TPSA) is 215 Å². The first-order valence-corrected chi connectivity index (χ1v) is 12.0. The van der Waals surface area contributed by atoms with Gasteiger partial charge in [-0.05, 0) is 18.1 Å². The summed E-state index contributed by atoms with van der Waals surface area (Å²) < 4.78 is 1.50. The lowest BCUT2D eigenvalue weighted by atomic mass is 9.85. The normalized spacial score (nSPS) is 31.3. The lowest BCUT2D eigenvalue weighted by Crippen LogP contribution is -2.92. The Balaban J connectivity index is 1.32. The van der Waals surface area contributed by atoms with Crippen molar-refractivity contribution in [3.8, 4) is 0 Å². The van der Waals surface area contributed by atoms with Gasteiger partial charge in [0.1, 0.15) is 18.6 Å². The summed E-state index contributed by atoms with van der Waals surface area (Å²) >= 11 is 0. The van der Waals surface area contributed by atoms with Gasteiger partial charge in [-0.25, -0.2) is 14.7 Å². The van der Waals surface area contributed by atoms with Gasteiger partial charge < -0.3 is 25.7 Å². The highest BCUT2D eigenvalue weighted by Crippen LogP contribution is 2.38. The van der Waals surface area contributed by atoms with E-state index in [9.17, 15) is 24.6 Å². The van der Waals surface area contributed by atoms with Crippen LogP contribution in [0.4, 0.5) is 10.5 Å². The molecule has 2 fully saturated rings. The highest BCUT2D eigenvalue weighted by Gasteiger charge is 2.78. The number of aliphatic hydroxyl groups is 2. The monoisotopic (exact) mass is 514 g/mol. The molecule has 4 amide bonds. The number of benzene rings is 1. The number of rotatable bonds is 4. The molecule has 0 aliphatic carbocycles. The fourth-order valence-corrected chi connectivity index (χ4v) is 6.20. The van der Waals surface area contributed by atoms with E-state index in [2.05, 4.69) is 26.3 Å². The fraction of sp³-hybridized carbons (Fsp3) is 0.500. The average molecular weight is 515 g/mol. The quantitative estimate of drug-likeness (QED) is 0.105. The summed E-state index contributed by atoms with van der Waals surface area (Å²) in [6.45, 7) is 0.505. The van der Waals surface area contributed by atoms with Crippen molar-refractivity contribution in [2.24, 2.45) is 11.5 Å². The number of fused-ring (bicyclic) bond motifs is 1. The SMILES string of the molecule is CN1CC(=O)N(C[C@@H]2NC(N)=[N+]3CC(NC(=O)c4cccc5c4NCC5)C(O)(O)C34NC(N)=[NH+][C@@H]24)C1=O. The zero-order valence-electron chi connectivity index (χ0n) is 20.1. The van der Waals surface area contributed by atoms with Crippen molar-refractivity contribution >= 4 is 35.5 Å². The maximum absolute atomic E-state index is 13.3. The van der Waals surface area contributed by atoms with Gasteiger partial charge in [0.25, 0.3) is 17.4 Å². The standard InChI is InChI=1S/C22H28N10O5/c1-30-9-14(33)31(20(30)35)7-12-16-21(29-18(23)28-16)22(36,37)13(8-32(21)19(24)26-12)27-17(34)11-4-2-3-10-5-6-25-15(10)11/h2-4,12-13,16,36-37H,5-9H2,1H3,(H7,23,24,25,26,27,28,29,34)/p+2/t12-,13?,16-,21?/m0/s1. The minimum absolute atomic E-state index is 0.0529. The number of nitrogens with zero attached hydrogens (tertiary/aromatic N) is 3. The molecule has 0 saturated carbocycles. The van der Waals surface area contributed by atoms with E-state index in [1.807, 2.05) is 6.07 Å². The Morgan fingerprint density at radius 2 is 2.11 bits per heavy atom. The van der Waals surface area contributed by atoms with Crippen molar-refractivity contribution in [3.63, 3.8) is 0 Å². The molecule has 2 unspecified atom stereocenters. The second-order valence-corrected chi connectivity index (χ2v) is 10.1. The van der Waals surface area contributed by atoms with Gasteiger partial charge in [-0.2, -0.15) is 0 Å². The maximum atomic E-state index is 13.3. The van der Waals surface area contributed by atoms with E-state index in [0.29, 0.717) is 12.1 Å². The van der Waals surface area contributed by atoms with Crippen LogP contribution >= 0.6 is 0 Å². The number of hydrogen-bond donors (Lipinski definition) is 9. The molecule has 1 spiro atoms. The van der Waals surface area contributed by atoms with Crippen LogP contribution in [-0.2, 0) is 11.2 Å². The van der Waals surface area contributed by atoms with Crippen LogP contribution in [0, 0.1) is 0 Å². The Bertz CT molecular complexity index is 1290. The van der Waals surface area contributed by atoms with E-state index in [0.717, 1.165) is 22.6 Å². The first-order chi connectivity index (χ1) is 17.5. The minimum Gasteiger partial charge on any atom is -0.384 e. The molecule has 15 heteroatoms. The van der Waals surface area contributed by atoms with Crippen molar-refractivity contribution in [2.75, 3.05) is 38.5 Å². The molecule has 1 aromatic carbocycles. The fourth-order valence-electron chi connectivity index (χ4n) is 6.20. The number of hydrogen-bond acceptors (Lipinski definition) is 10. The summed E-state index contributed by atoms with van der Waals surface area (Å²) in [5, 5.41) is 35.2. The highest BCUT2D eigenvalue weighted by atomic mass is 16.5. The molecule has 5 aliphatic rings. The van der Waals surface area contributed by atoms with E-state index < -0.39 is 41.5 Å². The van der Waals surface area contributed by atoms with Crippen LogP contribution in [0.1, 0.15) is 15.9 Å². The summed E-state index contributed by atoms with van der Waals surface area (Å²) in [5.74, 6) is -3.31. The number of anilines is 1. The lowest BCUT2D eigenvalue weighted by Gasteiger charge is -2.41.